The summed E-state index contributed by atoms with van der Waals surface area (Å²) < 4.78 is 0.993. The molecule has 1 heterocycles. The van der Waals surface area contributed by atoms with E-state index < -0.39 is 0 Å². The van der Waals surface area contributed by atoms with Gasteiger partial charge in [0.25, 0.3) is 5.91 Å². The molecule has 0 saturated carbocycles. The molecular formula is C23H22BrN2O+. The van der Waals surface area contributed by atoms with Crippen LogP contribution in [0.5, 0.6) is 0 Å². The summed E-state index contributed by atoms with van der Waals surface area (Å²) in [6.45, 7) is 3.22. The highest BCUT2D eigenvalue weighted by Crippen LogP contribution is 2.15. The zero-order chi connectivity index (χ0) is 18.6. The predicted molar refractivity (Wildman–Crippen MR) is 112 cm³/mol. The molecule has 136 valence electrons. The van der Waals surface area contributed by atoms with Crippen LogP contribution in [0.25, 0.3) is 0 Å². The van der Waals surface area contributed by atoms with E-state index in [9.17, 15) is 4.79 Å². The zero-order valence-electron chi connectivity index (χ0n) is 15.0. The number of halogens is 1. The maximum atomic E-state index is 12.4. The topological polar surface area (TPSA) is 33.5 Å². The van der Waals surface area contributed by atoms with Crippen molar-refractivity contribution in [3.05, 3.63) is 99.5 Å². The van der Waals surface area contributed by atoms with Gasteiger partial charge in [0.15, 0.2) is 0 Å². The fraction of sp³-hybridized carbons (Fsp3) is 0.174. The van der Waals surface area contributed by atoms with E-state index in [-0.39, 0.29) is 5.91 Å². The van der Waals surface area contributed by atoms with Gasteiger partial charge in [-0.1, -0.05) is 52.3 Å². The van der Waals surface area contributed by atoms with Crippen LogP contribution in [0.1, 0.15) is 27.0 Å². The first kappa shape index (κ1) is 18.0. The molecule has 0 fully saturated rings. The Bertz CT molecular complexity index is 935. The second-order valence-electron chi connectivity index (χ2n) is 7.03. The van der Waals surface area contributed by atoms with Crippen LogP contribution in [-0.2, 0) is 19.5 Å². The lowest BCUT2D eigenvalue weighted by Crippen LogP contribution is -3.10. The standard InChI is InChI=1S/C23H21BrN2O/c24-21-9-11-22(12-10-21)25-23(27)19-7-5-17(6-8-19)15-26-14-13-18-3-1-2-4-20(18)16-26/h1-12H,13-16H2,(H,25,27)/p+1. The Morgan fingerprint density at radius 3 is 2.37 bits per heavy atom. The number of carbonyl (C=O) groups is 1. The van der Waals surface area contributed by atoms with Crippen LogP contribution in [0.15, 0.2) is 77.3 Å². The van der Waals surface area contributed by atoms with E-state index >= 15 is 0 Å². The normalized spacial score (nSPS) is 15.8. The number of benzene rings is 3. The lowest BCUT2D eigenvalue weighted by molar-refractivity contribution is -0.929. The molecular weight excluding hydrogens is 400 g/mol. The van der Waals surface area contributed by atoms with Gasteiger partial charge in [-0.25, -0.2) is 0 Å². The second-order valence-corrected chi connectivity index (χ2v) is 7.95. The van der Waals surface area contributed by atoms with Crippen molar-refractivity contribution in [3.63, 3.8) is 0 Å². The smallest absolute Gasteiger partial charge is 0.255 e. The van der Waals surface area contributed by atoms with E-state index in [2.05, 4.69) is 57.6 Å². The van der Waals surface area contributed by atoms with Crippen molar-refractivity contribution in [1.29, 1.82) is 0 Å². The van der Waals surface area contributed by atoms with Crippen molar-refractivity contribution in [2.45, 2.75) is 19.5 Å². The van der Waals surface area contributed by atoms with Crippen molar-refractivity contribution in [2.75, 3.05) is 11.9 Å². The third-order valence-corrected chi connectivity index (χ3v) is 5.61. The van der Waals surface area contributed by atoms with Gasteiger partial charge >= 0.3 is 0 Å². The number of anilines is 1. The van der Waals surface area contributed by atoms with Gasteiger partial charge in [0, 0.05) is 33.3 Å². The first-order valence-electron chi connectivity index (χ1n) is 9.23. The summed E-state index contributed by atoms with van der Waals surface area (Å²) >= 11 is 3.40. The first-order chi connectivity index (χ1) is 13.2. The minimum atomic E-state index is -0.0804. The lowest BCUT2D eigenvalue weighted by Gasteiger charge is -2.26. The van der Waals surface area contributed by atoms with Crippen molar-refractivity contribution >= 4 is 27.5 Å². The summed E-state index contributed by atoms with van der Waals surface area (Å²) in [5.74, 6) is -0.0804. The van der Waals surface area contributed by atoms with Gasteiger partial charge < -0.3 is 10.2 Å². The summed E-state index contributed by atoms with van der Waals surface area (Å²) in [5, 5.41) is 2.93. The number of quaternary nitrogens is 1. The van der Waals surface area contributed by atoms with Crippen LogP contribution in [0.2, 0.25) is 0 Å². The highest BCUT2D eigenvalue weighted by atomic mass is 79.9. The van der Waals surface area contributed by atoms with Gasteiger partial charge in [0.2, 0.25) is 0 Å². The lowest BCUT2D eigenvalue weighted by atomic mass is 9.99. The largest absolute Gasteiger partial charge is 0.327 e. The second kappa shape index (κ2) is 8.07. The molecule has 4 heteroatoms. The number of hydrogen-bond acceptors (Lipinski definition) is 1. The van der Waals surface area contributed by atoms with Crippen LogP contribution in [0.4, 0.5) is 5.69 Å². The van der Waals surface area contributed by atoms with Crippen LogP contribution in [0.3, 0.4) is 0 Å². The maximum absolute atomic E-state index is 12.4. The van der Waals surface area contributed by atoms with Gasteiger partial charge in [0.1, 0.15) is 13.1 Å². The summed E-state index contributed by atoms with van der Waals surface area (Å²) in [7, 11) is 0. The molecule has 2 N–H and O–H groups in total. The third kappa shape index (κ3) is 4.46. The summed E-state index contributed by atoms with van der Waals surface area (Å²) in [4.78, 5) is 14.0. The van der Waals surface area contributed by atoms with Gasteiger partial charge in [-0.3, -0.25) is 4.79 Å². The number of hydrogen-bond donors (Lipinski definition) is 2. The third-order valence-electron chi connectivity index (χ3n) is 5.08. The van der Waals surface area contributed by atoms with Crippen LogP contribution in [0, 0.1) is 0 Å². The minimum absolute atomic E-state index is 0.0804. The van der Waals surface area contributed by atoms with Crippen LogP contribution >= 0.6 is 15.9 Å². The van der Waals surface area contributed by atoms with E-state index in [1.54, 1.807) is 4.90 Å². The quantitative estimate of drug-likeness (QED) is 0.658. The molecule has 0 bridgehead atoms. The molecule has 1 aliphatic heterocycles. The maximum Gasteiger partial charge on any atom is 0.255 e. The van der Waals surface area contributed by atoms with E-state index in [0.29, 0.717) is 5.56 Å². The highest BCUT2D eigenvalue weighted by molar-refractivity contribution is 9.10. The van der Waals surface area contributed by atoms with E-state index in [1.807, 2.05) is 36.4 Å². The molecule has 0 radical (unpaired) electrons. The van der Waals surface area contributed by atoms with Gasteiger partial charge in [0.05, 0.1) is 6.54 Å². The highest BCUT2D eigenvalue weighted by Gasteiger charge is 2.19. The average molecular weight is 422 g/mol. The molecule has 3 nitrogen and oxygen atoms in total. The summed E-state index contributed by atoms with van der Waals surface area (Å²) in [5.41, 5.74) is 5.69. The van der Waals surface area contributed by atoms with Crippen molar-refractivity contribution in [1.82, 2.24) is 0 Å². The fourth-order valence-corrected chi connectivity index (χ4v) is 3.86. The average Bonchev–Trinajstić information content (AvgIpc) is 2.70. The number of amides is 1. The Morgan fingerprint density at radius 1 is 0.926 bits per heavy atom. The molecule has 0 aliphatic carbocycles. The van der Waals surface area contributed by atoms with E-state index in [4.69, 9.17) is 0 Å². The summed E-state index contributed by atoms with van der Waals surface area (Å²) in [6.07, 6.45) is 1.14. The predicted octanol–water partition coefficient (Wildman–Crippen LogP) is 3.84. The summed E-state index contributed by atoms with van der Waals surface area (Å²) in [6, 6.07) is 24.3. The fourth-order valence-electron chi connectivity index (χ4n) is 3.59. The Kier molecular flexibility index (Phi) is 5.37. The first-order valence-corrected chi connectivity index (χ1v) is 10.0. The number of rotatable bonds is 4. The van der Waals surface area contributed by atoms with Crippen LogP contribution in [-0.4, -0.2) is 12.5 Å². The molecule has 3 aromatic carbocycles. The molecule has 0 spiro atoms. The molecule has 4 rings (SSSR count). The molecule has 1 unspecified atom stereocenters. The Labute approximate surface area is 168 Å². The Hall–Kier alpha value is -2.43. The van der Waals surface area contributed by atoms with E-state index in [1.165, 1.54) is 16.7 Å². The molecule has 3 aromatic rings. The van der Waals surface area contributed by atoms with Crippen molar-refractivity contribution in [2.24, 2.45) is 0 Å². The molecule has 1 aliphatic rings. The molecule has 1 atom stereocenters. The van der Waals surface area contributed by atoms with E-state index in [0.717, 1.165) is 36.2 Å². The van der Waals surface area contributed by atoms with Gasteiger partial charge in [-0.2, -0.15) is 0 Å². The monoisotopic (exact) mass is 421 g/mol. The number of carbonyl (C=O) groups excluding carboxylic acids is 1. The molecule has 27 heavy (non-hydrogen) atoms. The van der Waals surface area contributed by atoms with Gasteiger partial charge in [-0.05, 0) is 42.0 Å². The van der Waals surface area contributed by atoms with Crippen LogP contribution < -0.4 is 10.2 Å². The Morgan fingerprint density at radius 2 is 1.63 bits per heavy atom. The Balaban J connectivity index is 1.37. The van der Waals surface area contributed by atoms with Crippen molar-refractivity contribution in [3.8, 4) is 0 Å². The number of nitrogens with one attached hydrogen (secondary N) is 2. The molecule has 1 amide bonds. The number of fused-ring (bicyclic) bond motifs is 1. The molecule has 0 saturated heterocycles. The van der Waals surface area contributed by atoms with Gasteiger partial charge in [-0.15, -0.1) is 0 Å². The SMILES string of the molecule is O=C(Nc1ccc(Br)cc1)c1ccc(C[NH+]2CCc3ccccc3C2)cc1. The molecule has 0 aromatic heterocycles. The van der Waals surface area contributed by atoms with Crippen molar-refractivity contribution < 1.29 is 9.69 Å². The minimum Gasteiger partial charge on any atom is -0.327 e. The zero-order valence-corrected chi connectivity index (χ0v) is 16.6.